The fourth-order valence-corrected chi connectivity index (χ4v) is 3.51. The fraction of sp³-hybridized carbons (Fsp3) is 0.0667. The maximum absolute atomic E-state index is 12.4. The van der Waals surface area contributed by atoms with Crippen molar-refractivity contribution < 1.29 is 35.5 Å². The highest BCUT2D eigenvalue weighted by Gasteiger charge is 2.52. The van der Waals surface area contributed by atoms with Crippen LogP contribution in [0.15, 0.2) is 52.3 Å². The van der Waals surface area contributed by atoms with Gasteiger partial charge in [0.15, 0.2) is 0 Å². The summed E-state index contributed by atoms with van der Waals surface area (Å²) in [6.07, 6.45) is 0. The molecule has 1 aliphatic rings. The van der Waals surface area contributed by atoms with Crippen LogP contribution in [0.5, 0.6) is 0 Å². The van der Waals surface area contributed by atoms with Gasteiger partial charge in [-0.3, -0.25) is 9.59 Å². The van der Waals surface area contributed by atoms with Crippen molar-refractivity contribution in [2.45, 2.75) is 15.3 Å². The molecule has 0 aromatic heterocycles. The van der Waals surface area contributed by atoms with Crippen LogP contribution in [0.25, 0.3) is 0 Å². The molecule has 12 heteroatoms. The summed E-state index contributed by atoms with van der Waals surface area (Å²) in [6, 6.07) is 10.6. The van der Waals surface area contributed by atoms with Crippen molar-refractivity contribution >= 4 is 45.3 Å². The predicted octanol–water partition coefficient (Wildman–Crippen LogP) is 3.87. The monoisotopic (exact) mass is 437 g/mol. The van der Waals surface area contributed by atoms with Gasteiger partial charge in [-0.05, 0) is 42.5 Å². The van der Waals surface area contributed by atoms with Crippen molar-refractivity contribution in [2.75, 3.05) is 0 Å². The number of amides is 2. The summed E-state index contributed by atoms with van der Waals surface area (Å²) in [5, 5.41) is 0.109. The van der Waals surface area contributed by atoms with Crippen molar-refractivity contribution in [1.29, 1.82) is 0 Å². The third-order valence-corrected chi connectivity index (χ3v) is 5.49. The Morgan fingerprint density at radius 3 is 2.07 bits per heavy atom. The van der Waals surface area contributed by atoms with E-state index in [1.807, 2.05) is 0 Å². The average Bonchev–Trinajstić information content (AvgIpc) is 2.80. The molecule has 0 aliphatic carbocycles. The van der Waals surface area contributed by atoms with E-state index in [-0.39, 0.29) is 11.1 Å². The van der Waals surface area contributed by atoms with Gasteiger partial charge in [0.05, 0.1) is 11.1 Å². The van der Waals surface area contributed by atoms with Gasteiger partial charge in [-0.25, -0.2) is 0 Å². The van der Waals surface area contributed by atoms with Crippen LogP contribution in [0, 0.1) is 0 Å². The Kier molecular flexibility index (Phi) is 4.97. The minimum atomic E-state index is -6.16. The lowest BCUT2D eigenvalue weighted by atomic mass is 10.1. The van der Waals surface area contributed by atoms with Crippen LogP contribution >= 0.6 is 23.4 Å². The van der Waals surface area contributed by atoms with Crippen LogP contribution in [-0.2, 0) is 14.4 Å². The molecule has 0 radical (unpaired) electrons. The molecule has 0 unspecified atom stereocenters. The maximum Gasteiger partial charge on any atom is 0.525 e. The molecule has 27 heavy (non-hydrogen) atoms. The molecular formula is C15H7ClF3NO5S2. The van der Waals surface area contributed by atoms with Gasteiger partial charge in [0.25, 0.3) is 11.8 Å². The molecule has 0 spiro atoms. The number of benzene rings is 2. The zero-order valence-corrected chi connectivity index (χ0v) is 15.2. The summed E-state index contributed by atoms with van der Waals surface area (Å²) in [5.41, 5.74) is -6.31. The first-order valence-electron chi connectivity index (χ1n) is 6.97. The lowest BCUT2D eigenvalue weighted by molar-refractivity contribution is -0.0748. The molecule has 0 fully saturated rings. The minimum absolute atomic E-state index is 0.266. The second-order valence-electron chi connectivity index (χ2n) is 5.14. The molecule has 2 aromatic rings. The van der Waals surface area contributed by atoms with Crippen LogP contribution in [0.2, 0.25) is 5.02 Å². The summed E-state index contributed by atoms with van der Waals surface area (Å²) in [5.74, 6) is -2.60. The molecule has 0 saturated carbocycles. The number of fused-ring (bicyclic) bond motifs is 1. The zero-order chi connectivity index (χ0) is 20.0. The maximum atomic E-state index is 12.4. The lowest BCUT2D eigenvalue weighted by Crippen LogP contribution is -2.37. The van der Waals surface area contributed by atoms with E-state index < -0.39 is 32.5 Å². The number of hydrogen-bond acceptors (Lipinski definition) is 6. The van der Waals surface area contributed by atoms with Crippen LogP contribution < -0.4 is 0 Å². The van der Waals surface area contributed by atoms with Crippen molar-refractivity contribution in [3.05, 3.63) is 58.6 Å². The van der Waals surface area contributed by atoms with E-state index in [1.54, 1.807) is 24.3 Å². The molecule has 0 bridgehead atoms. The number of hydroxylamine groups is 2. The van der Waals surface area contributed by atoms with Crippen LogP contribution in [0.1, 0.15) is 20.7 Å². The largest absolute Gasteiger partial charge is 0.525 e. The predicted molar refractivity (Wildman–Crippen MR) is 88.6 cm³/mol. The first-order chi connectivity index (χ1) is 12.5. The van der Waals surface area contributed by atoms with Crippen molar-refractivity contribution in [1.82, 2.24) is 5.06 Å². The summed E-state index contributed by atoms with van der Waals surface area (Å²) < 4.78 is 63.1. The molecule has 6 nitrogen and oxygen atoms in total. The Labute approximate surface area is 159 Å². The molecular weight excluding hydrogens is 431 g/mol. The molecule has 0 atom stereocenters. The molecule has 2 aromatic carbocycles. The van der Waals surface area contributed by atoms with E-state index in [0.29, 0.717) is 9.92 Å². The van der Waals surface area contributed by atoms with E-state index in [2.05, 4.69) is 4.28 Å². The number of imide groups is 1. The van der Waals surface area contributed by atoms with E-state index in [9.17, 15) is 31.2 Å². The molecule has 3 rings (SSSR count). The first kappa shape index (κ1) is 19.7. The Morgan fingerprint density at radius 2 is 1.48 bits per heavy atom. The molecule has 2 amide bonds. The normalized spacial score (nSPS) is 14.6. The summed E-state index contributed by atoms with van der Waals surface area (Å²) in [4.78, 5) is 25.5. The summed E-state index contributed by atoms with van der Waals surface area (Å²) in [7, 11) is -6.16. The van der Waals surface area contributed by atoms with E-state index in [4.69, 9.17) is 11.6 Å². The van der Waals surface area contributed by atoms with Gasteiger partial charge in [-0.2, -0.15) is 21.6 Å². The van der Waals surface area contributed by atoms with E-state index in [1.165, 1.54) is 30.0 Å². The number of rotatable bonds is 4. The Hall–Kier alpha value is -2.08. The fourth-order valence-electron chi connectivity index (χ4n) is 2.11. The number of nitrogens with zero attached hydrogens (tertiary/aromatic N) is 1. The highest BCUT2D eigenvalue weighted by molar-refractivity contribution is 7.99. The third kappa shape index (κ3) is 3.81. The molecule has 0 saturated heterocycles. The Morgan fingerprint density at radius 1 is 0.926 bits per heavy atom. The highest BCUT2D eigenvalue weighted by atomic mass is 35.5. The number of halogens is 4. The quantitative estimate of drug-likeness (QED) is 0.533. The molecule has 0 N–H and O–H groups in total. The summed E-state index contributed by atoms with van der Waals surface area (Å²) in [6.45, 7) is 0. The summed E-state index contributed by atoms with van der Waals surface area (Å²) >= 11 is 6.99. The topological polar surface area (TPSA) is 80.8 Å². The van der Waals surface area contributed by atoms with Crippen LogP contribution in [0.3, 0.4) is 0 Å². The van der Waals surface area contributed by atoms with Gasteiger partial charge in [-0.15, -0.1) is 9.35 Å². The molecule has 1 aliphatic heterocycles. The molecule has 142 valence electrons. The van der Waals surface area contributed by atoms with Crippen LogP contribution in [0.4, 0.5) is 13.2 Å². The Bertz CT molecular complexity index is 1040. The van der Waals surface area contributed by atoms with Crippen molar-refractivity contribution in [2.24, 2.45) is 0 Å². The van der Waals surface area contributed by atoms with E-state index >= 15 is 0 Å². The first-order valence-corrected chi connectivity index (χ1v) is 9.57. The van der Waals surface area contributed by atoms with Crippen molar-refractivity contribution in [3.63, 3.8) is 0 Å². The van der Waals surface area contributed by atoms with Gasteiger partial charge < -0.3 is 0 Å². The smallest absolute Gasteiger partial charge is 0.266 e. The highest BCUT2D eigenvalue weighted by Crippen LogP contribution is 2.34. The number of alkyl halides is 3. The Balaban J connectivity index is 1.87. The van der Waals surface area contributed by atoms with Crippen LogP contribution in [-0.4, -0.2) is 30.8 Å². The van der Waals surface area contributed by atoms with Gasteiger partial charge in [0, 0.05) is 14.8 Å². The standard InChI is InChI=1S/C15H7ClF3NO5S2/c16-8-1-3-9(4-2-8)26-10-5-6-11-12(7-10)14(22)20(13(11)21)25-27(23,24)15(17,18)19/h1-7H. The third-order valence-electron chi connectivity index (χ3n) is 3.33. The molecule has 1 heterocycles. The van der Waals surface area contributed by atoms with Crippen molar-refractivity contribution in [3.8, 4) is 0 Å². The SMILES string of the molecule is O=C1c2ccc(Sc3ccc(Cl)cc3)cc2C(=O)N1OS(=O)(=O)C(F)(F)F. The zero-order valence-electron chi connectivity index (χ0n) is 12.9. The van der Waals surface area contributed by atoms with Gasteiger partial charge in [0.2, 0.25) is 0 Å². The lowest BCUT2D eigenvalue weighted by Gasteiger charge is -2.14. The van der Waals surface area contributed by atoms with Gasteiger partial charge >= 0.3 is 15.6 Å². The second-order valence-corrected chi connectivity index (χ2v) is 8.25. The minimum Gasteiger partial charge on any atom is -0.266 e. The van der Waals surface area contributed by atoms with Gasteiger partial charge in [-0.1, -0.05) is 23.4 Å². The average molecular weight is 438 g/mol. The number of hydrogen-bond donors (Lipinski definition) is 0. The number of carbonyl (C=O) groups excluding carboxylic acids is 2. The number of carbonyl (C=O) groups is 2. The van der Waals surface area contributed by atoms with Gasteiger partial charge in [0.1, 0.15) is 0 Å². The second kappa shape index (κ2) is 6.82. The van der Waals surface area contributed by atoms with E-state index in [0.717, 1.165) is 4.90 Å².